The van der Waals surface area contributed by atoms with Crippen LogP contribution in [0.15, 0.2) is 28.7 Å². The van der Waals surface area contributed by atoms with Crippen molar-refractivity contribution in [3.8, 4) is 0 Å². The molecule has 0 N–H and O–H groups in total. The topological polar surface area (TPSA) is 42.2 Å². The number of rotatable bonds is 5. The van der Waals surface area contributed by atoms with Crippen LogP contribution in [0.25, 0.3) is 0 Å². The highest BCUT2D eigenvalue weighted by atomic mass is 16.4. The van der Waals surface area contributed by atoms with Crippen molar-refractivity contribution in [1.82, 2.24) is 15.1 Å². The maximum Gasteiger partial charge on any atom is 0.230 e. The van der Waals surface area contributed by atoms with Gasteiger partial charge in [0.05, 0.1) is 6.54 Å². The molecule has 0 unspecified atom stereocenters. The molecular formula is C14H19N3O. The molecule has 96 valence electrons. The normalized spacial score (nSPS) is 11.1. The lowest BCUT2D eigenvalue weighted by molar-refractivity contribution is 0.241. The quantitative estimate of drug-likeness (QED) is 0.812. The van der Waals surface area contributed by atoms with Crippen molar-refractivity contribution >= 4 is 0 Å². The summed E-state index contributed by atoms with van der Waals surface area (Å²) in [5, 5.41) is 7.89. The number of aryl methyl sites for hydroxylation is 2. The van der Waals surface area contributed by atoms with Gasteiger partial charge in [-0.25, -0.2) is 0 Å². The van der Waals surface area contributed by atoms with Gasteiger partial charge < -0.3 is 4.42 Å². The highest BCUT2D eigenvalue weighted by Crippen LogP contribution is 2.10. The Morgan fingerprint density at radius 1 is 1.17 bits per heavy atom. The van der Waals surface area contributed by atoms with Crippen LogP contribution in [0.4, 0.5) is 0 Å². The third kappa shape index (κ3) is 3.40. The van der Waals surface area contributed by atoms with Gasteiger partial charge in [-0.2, -0.15) is 0 Å². The van der Waals surface area contributed by atoms with Crippen molar-refractivity contribution in [1.29, 1.82) is 0 Å². The molecule has 0 radical (unpaired) electrons. The van der Waals surface area contributed by atoms with Gasteiger partial charge in [-0.1, -0.05) is 36.8 Å². The first kappa shape index (κ1) is 12.8. The zero-order valence-corrected chi connectivity index (χ0v) is 11.2. The van der Waals surface area contributed by atoms with Crippen LogP contribution in [-0.2, 0) is 13.1 Å². The fourth-order valence-corrected chi connectivity index (χ4v) is 1.94. The van der Waals surface area contributed by atoms with Gasteiger partial charge in [-0.05, 0) is 19.0 Å². The van der Waals surface area contributed by atoms with Crippen molar-refractivity contribution in [2.75, 3.05) is 6.54 Å². The lowest BCUT2D eigenvalue weighted by Gasteiger charge is -2.18. The summed E-state index contributed by atoms with van der Waals surface area (Å²) < 4.78 is 5.41. The van der Waals surface area contributed by atoms with Crippen molar-refractivity contribution < 1.29 is 4.42 Å². The zero-order chi connectivity index (χ0) is 13.0. The predicted octanol–water partition coefficient (Wildman–Crippen LogP) is 2.71. The summed E-state index contributed by atoms with van der Waals surface area (Å²) >= 11 is 0. The summed E-state index contributed by atoms with van der Waals surface area (Å²) in [4.78, 5) is 2.28. The van der Waals surface area contributed by atoms with E-state index in [1.54, 1.807) is 0 Å². The minimum atomic E-state index is 0.622. The van der Waals surface area contributed by atoms with Crippen LogP contribution < -0.4 is 0 Å². The highest BCUT2D eigenvalue weighted by Gasteiger charge is 2.09. The number of hydrogen-bond donors (Lipinski definition) is 0. The van der Waals surface area contributed by atoms with Crippen LogP contribution in [-0.4, -0.2) is 21.6 Å². The Kier molecular flexibility index (Phi) is 4.10. The molecular weight excluding hydrogens is 226 g/mol. The van der Waals surface area contributed by atoms with Crippen LogP contribution in [0.1, 0.15) is 29.8 Å². The molecule has 0 saturated heterocycles. The molecule has 0 aliphatic carbocycles. The minimum absolute atomic E-state index is 0.622. The molecule has 0 amide bonds. The molecule has 4 heteroatoms. The molecule has 1 heterocycles. The summed E-state index contributed by atoms with van der Waals surface area (Å²) in [7, 11) is 0. The van der Waals surface area contributed by atoms with Gasteiger partial charge in [0.2, 0.25) is 11.8 Å². The van der Waals surface area contributed by atoms with Crippen LogP contribution in [0, 0.1) is 13.8 Å². The smallest absolute Gasteiger partial charge is 0.230 e. The van der Waals surface area contributed by atoms with E-state index in [0.717, 1.165) is 13.1 Å². The Balaban J connectivity index is 2.01. The van der Waals surface area contributed by atoms with E-state index in [0.29, 0.717) is 18.3 Å². The molecule has 4 nitrogen and oxygen atoms in total. The Morgan fingerprint density at radius 2 is 2.00 bits per heavy atom. The zero-order valence-electron chi connectivity index (χ0n) is 11.2. The predicted molar refractivity (Wildman–Crippen MR) is 70.0 cm³/mol. The molecule has 0 fully saturated rings. The van der Waals surface area contributed by atoms with Crippen molar-refractivity contribution in [3.63, 3.8) is 0 Å². The number of aromatic nitrogens is 2. The summed E-state index contributed by atoms with van der Waals surface area (Å²) in [6, 6.07) is 8.56. The first-order chi connectivity index (χ1) is 8.67. The molecule has 2 aromatic rings. The van der Waals surface area contributed by atoms with Crippen molar-refractivity contribution in [3.05, 3.63) is 47.2 Å². The third-order valence-corrected chi connectivity index (χ3v) is 2.86. The van der Waals surface area contributed by atoms with Crippen LogP contribution in [0.2, 0.25) is 0 Å². The Bertz CT molecular complexity index is 507. The van der Waals surface area contributed by atoms with E-state index in [1.807, 2.05) is 6.92 Å². The molecule has 1 aromatic heterocycles. The molecule has 18 heavy (non-hydrogen) atoms. The molecule has 0 aliphatic rings. The second kappa shape index (κ2) is 5.78. The number of benzene rings is 1. The maximum atomic E-state index is 5.41. The molecule has 2 rings (SSSR count). The van der Waals surface area contributed by atoms with Gasteiger partial charge in [-0.3, -0.25) is 4.90 Å². The van der Waals surface area contributed by atoms with Gasteiger partial charge in [0, 0.05) is 13.5 Å². The van der Waals surface area contributed by atoms with E-state index >= 15 is 0 Å². The molecule has 0 spiro atoms. The van der Waals surface area contributed by atoms with Gasteiger partial charge in [-0.15, -0.1) is 10.2 Å². The molecule has 0 saturated carbocycles. The average molecular weight is 245 g/mol. The minimum Gasteiger partial charge on any atom is -0.424 e. The number of hydrogen-bond acceptors (Lipinski definition) is 4. The molecule has 0 bridgehead atoms. The standard InChI is InChI=1S/C14H19N3O/c1-4-17(10-14-16-15-12(3)18-14)9-13-7-5-6-11(2)8-13/h5-8H,4,9-10H2,1-3H3. The fourth-order valence-electron chi connectivity index (χ4n) is 1.94. The highest BCUT2D eigenvalue weighted by molar-refractivity contribution is 5.22. The van der Waals surface area contributed by atoms with Crippen LogP contribution in [0.3, 0.4) is 0 Å². The average Bonchev–Trinajstić information content (AvgIpc) is 2.74. The molecule has 0 atom stereocenters. The molecule has 1 aromatic carbocycles. The van der Waals surface area contributed by atoms with E-state index < -0.39 is 0 Å². The summed E-state index contributed by atoms with van der Waals surface area (Å²) in [6.45, 7) is 8.62. The summed E-state index contributed by atoms with van der Waals surface area (Å²) in [5.41, 5.74) is 2.60. The molecule has 0 aliphatic heterocycles. The van der Waals surface area contributed by atoms with Crippen LogP contribution in [0.5, 0.6) is 0 Å². The Hall–Kier alpha value is -1.68. The summed E-state index contributed by atoms with van der Waals surface area (Å²) in [6.07, 6.45) is 0. The first-order valence-corrected chi connectivity index (χ1v) is 6.24. The first-order valence-electron chi connectivity index (χ1n) is 6.24. The SMILES string of the molecule is CCN(Cc1cccc(C)c1)Cc1nnc(C)o1. The van der Waals surface area contributed by atoms with E-state index in [1.165, 1.54) is 11.1 Å². The largest absolute Gasteiger partial charge is 0.424 e. The lowest BCUT2D eigenvalue weighted by atomic mass is 10.1. The number of nitrogens with zero attached hydrogens (tertiary/aromatic N) is 3. The van der Waals surface area contributed by atoms with Gasteiger partial charge in [0.25, 0.3) is 0 Å². The van der Waals surface area contributed by atoms with E-state index in [4.69, 9.17) is 4.42 Å². The lowest BCUT2D eigenvalue weighted by Crippen LogP contribution is -2.22. The second-order valence-electron chi connectivity index (χ2n) is 4.51. The van der Waals surface area contributed by atoms with E-state index in [2.05, 4.69) is 53.2 Å². The van der Waals surface area contributed by atoms with Crippen LogP contribution >= 0.6 is 0 Å². The van der Waals surface area contributed by atoms with Gasteiger partial charge in [0.1, 0.15) is 0 Å². The van der Waals surface area contributed by atoms with Gasteiger partial charge >= 0.3 is 0 Å². The fraction of sp³-hybridized carbons (Fsp3) is 0.429. The Labute approximate surface area is 108 Å². The third-order valence-electron chi connectivity index (χ3n) is 2.86. The van der Waals surface area contributed by atoms with Crippen molar-refractivity contribution in [2.24, 2.45) is 0 Å². The van der Waals surface area contributed by atoms with Gasteiger partial charge in [0.15, 0.2) is 0 Å². The monoisotopic (exact) mass is 245 g/mol. The Morgan fingerprint density at radius 3 is 2.61 bits per heavy atom. The second-order valence-corrected chi connectivity index (χ2v) is 4.51. The summed E-state index contributed by atoms with van der Waals surface area (Å²) in [5.74, 6) is 1.30. The van der Waals surface area contributed by atoms with Crippen molar-refractivity contribution in [2.45, 2.75) is 33.9 Å². The van der Waals surface area contributed by atoms with E-state index in [-0.39, 0.29) is 0 Å². The van der Waals surface area contributed by atoms with E-state index in [9.17, 15) is 0 Å². The maximum absolute atomic E-state index is 5.41.